The highest BCUT2D eigenvalue weighted by atomic mass is 16.5. The van der Waals surface area contributed by atoms with Crippen LogP contribution in [0.25, 0.3) is 11.4 Å². The van der Waals surface area contributed by atoms with E-state index in [1.165, 1.54) is 13.3 Å². The van der Waals surface area contributed by atoms with Gasteiger partial charge in [0, 0.05) is 24.8 Å². The molecule has 0 bridgehead atoms. The second-order valence-corrected chi connectivity index (χ2v) is 6.81. The van der Waals surface area contributed by atoms with Crippen molar-refractivity contribution >= 4 is 17.8 Å². The Morgan fingerprint density at radius 1 is 1.25 bits per heavy atom. The number of aryl methyl sites for hydroxylation is 1. The van der Waals surface area contributed by atoms with Gasteiger partial charge in [-0.1, -0.05) is 23.8 Å². The van der Waals surface area contributed by atoms with Gasteiger partial charge in [-0.05, 0) is 32.8 Å². The van der Waals surface area contributed by atoms with Crippen molar-refractivity contribution in [2.24, 2.45) is 5.92 Å². The van der Waals surface area contributed by atoms with Crippen molar-refractivity contribution in [3.63, 3.8) is 0 Å². The zero-order valence-electron chi connectivity index (χ0n) is 16.5. The Morgan fingerprint density at radius 3 is 2.64 bits per heavy atom. The highest BCUT2D eigenvalue weighted by molar-refractivity contribution is 5.95. The van der Waals surface area contributed by atoms with E-state index in [2.05, 4.69) is 4.98 Å². The fourth-order valence-corrected chi connectivity index (χ4v) is 3.38. The molecule has 0 saturated carbocycles. The summed E-state index contributed by atoms with van der Waals surface area (Å²) in [5.41, 5.74) is 2.34. The summed E-state index contributed by atoms with van der Waals surface area (Å²) in [5, 5.41) is 0. The summed E-state index contributed by atoms with van der Waals surface area (Å²) >= 11 is 0. The molecule has 148 valence electrons. The maximum atomic E-state index is 12.4. The zero-order chi connectivity index (χ0) is 20.1. The topological polar surface area (TPSA) is 81.6 Å². The maximum Gasteiger partial charge on any atom is 0.343 e. The lowest BCUT2D eigenvalue weighted by Crippen LogP contribution is -2.38. The van der Waals surface area contributed by atoms with E-state index in [0.717, 1.165) is 11.1 Å². The van der Waals surface area contributed by atoms with Gasteiger partial charge >= 0.3 is 11.9 Å². The third-order valence-corrected chi connectivity index (χ3v) is 4.87. The number of carbonyl (C=O) groups excluding carboxylic acids is 2. The molecule has 7 nitrogen and oxygen atoms in total. The molecule has 1 aliphatic heterocycles. The van der Waals surface area contributed by atoms with Gasteiger partial charge in [0.05, 0.1) is 19.6 Å². The number of anilines is 1. The molecule has 0 amide bonds. The van der Waals surface area contributed by atoms with Crippen LogP contribution in [0.15, 0.2) is 30.5 Å². The van der Waals surface area contributed by atoms with Crippen molar-refractivity contribution in [3.8, 4) is 11.4 Å². The number of hydrogen-bond donors (Lipinski definition) is 0. The van der Waals surface area contributed by atoms with Crippen LogP contribution in [0.3, 0.4) is 0 Å². The molecular formula is C21H25N3O4. The van der Waals surface area contributed by atoms with Gasteiger partial charge in [0.25, 0.3) is 0 Å². The molecule has 2 heterocycles. The molecule has 1 saturated heterocycles. The first-order chi connectivity index (χ1) is 13.5. The first-order valence-corrected chi connectivity index (χ1v) is 9.47. The average Bonchev–Trinajstić information content (AvgIpc) is 2.73. The fourth-order valence-electron chi connectivity index (χ4n) is 3.38. The highest BCUT2D eigenvalue weighted by Gasteiger charge is 2.29. The summed E-state index contributed by atoms with van der Waals surface area (Å²) in [4.78, 5) is 35.3. The van der Waals surface area contributed by atoms with Gasteiger partial charge in [0.15, 0.2) is 5.82 Å². The van der Waals surface area contributed by atoms with E-state index in [9.17, 15) is 9.59 Å². The standard InChI is InChI=1S/C21H25N3O4/c1-4-28-21(26)17-13-22-18(16-7-5-6-14(2)12-16)23-19(17)24-10-8-15(9-11-24)20(25)27-3/h5-7,12-13,15H,4,8-11H2,1-3H3. The molecule has 28 heavy (non-hydrogen) atoms. The summed E-state index contributed by atoms with van der Waals surface area (Å²) in [6.07, 6.45) is 2.84. The van der Waals surface area contributed by atoms with Gasteiger partial charge in [0.1, 0.15) is 11.4 Å². The van der Waals surface area contributed by atoms with E-state index in [-0.39, 0.29) is 18.5 Å². The molecule has 2 aromatic rings. The van der Waals surface area contributed by atoms with E-state index < -0.39 is 5.97 Å². The van der Waals surface area contributed by atoms with Crippen molar-refractivity contribution in [1.29, 1.82) is 0 Å². The molecule has 0 N–H and O–H groups in total. The Balaban J connectivity index is 1.93. The number of aromatic nitrogens is 2. The van der Waals surface area contributed by atoms with Gasteiger partial charge in [0.2, 0.25) is 0 Å². The first kappa shape index (κ1) is 19.8. The summed E-state index contributed by atoms with van der Waals surface area (Å²) < 4.78 is 10.0. The predicted molar refractivity (Wildman–Crippen MR) is 105 cm³/mol. The van der Waals surface area contributed by atoms with Crippen LogP contribution in [-0.2, 0) is 14.3 Å². The third kappa shape index (κ3) is 4.30. The maximum absolute atomic E-state index is 12.4. The molecule has 0 atom stereocenters. The number of nitrogens with zero attached hydrogens (tertiary/aromatic N) is 3. The normalized spacial score (nSPS) is 14.6. The summed E-state index contributed by atoms with van der Waals surface area (Å²) in [6, 6.07) is 7.91. The number of piperidine rings is 1. The predicted octanol–water partition coefficient (Wildman–Crippen LogP) is 3.02. The van der Waals surface area contributed by atoms with E-state index in [1.54, 1.807) is 6.92 Å². The van der Waals surface area contributed by atoms with Crippen molar-refractivity contribution in [3.05, 3.63) is 41.6 Å². The molecule has 0 spiro atoms. The SMILES string of the molecule is CCOC(=O)c1cnc(-c2cccc(C)c2)nc1N1CCC(C(=O)OC)CC1. The van der Waals surface area contributed by atoms with E-state index in [1.807, 2.05) is 36.1 Å². The number of esters is 2. The lowest BCUT2D eigenvalue weighted by atomic mass is 9.97. The molecule has 1 aliphatic rings. The minimum Gasteiger partial charge on any atom is -0.469 e. The van der Waals surface area contributed by atoms with Crippen LogP contribution in [0.2, 0.25) is 0 Å². The zero-order valence-corrected chi connectivity index (χ0v) is 16.5. The number of carbonyl (C=O) groups is 2. The fraction of sp³-hybridized carbons (Fsp3) is 0.429. The Hall–Kier alpha value is -2.96. The lowest BCUT2D eigenvalue weighted by molar-refractivity contribution is -0.146. The van der Waals surface area contributed by atoms with Crippen LogP contribution in [0, 0.1) is 12.8 Å². The molecule has 1 aromatic heterocycles. The monoisotopic (exact) mass is 383 g/mol. The van der Waals surface area contributed by atoms with E-state index in [0.29, 0.717) is 43.1 Å². The van der Waals surface area contributed by atoms with Crippen LogP contribution in [0.4, 0.5) is 5.82 Å². The van der Waals surface area contributed by atoms with Gasteiger partial charge in [-0.3, -0.25) is 4.79 Å². The molecule has 1 fully saturated rings. The second kappa shape index (κ2) is 8.82. The van der Waals surface area contributed by atoms with Gasteiger partial charge in [-0.15, -0.1) is 0 Å². The van der Waals surface area contributed by atoms with Crippen LogP contribution >= 0.6 is 0 Å². The van der Waals surface area contributed by atoms with Crippen molar-refractivity contribution < 1.29 is 19.1 Å². The lowest BCUT2D eigenvalue weighted by Gasteiger charge is -2.32. The highest BCUT2D eigenvalue weighted by Crippen LogP contribution is 2.28. The Morgan fingerprint density at radius 2 is 2.00 bits per heavy atom. The van der Waals surface area contributed by atoms with E-state index in [4.69, 9.17) is 14.5 Å². The number of rotatable bonds is 5. The third-order valence-electron chi connectivity index (χ3n) is 4.87. The molecule has 0 unspecified atom stereocenters. The summed E-state index contributed by atoms with van der Waals surface area (Å²) in [5.74, 6) is 0.359. The minimum absolute atomic E-state index is 0.120. The summed E-state index contributed by atoms with van der Waals surface area (Å²) in [7, 11) is 1.41. The molecule has 0 aliphatic carbocycles. The first-order valence-electron chi connectivity index (χ1n) is 9.47. The number of benzene rings is 1. The van der Waals surface area contributed by atoms with Crippen LogP contribution in [0.5, 0.6) is 0 Å². The molecular weight excluding hydrogens is 358 g/mol. The largest absolute Gasteiger partial charge is 0.469 e. The molecule has 1 aromatic carbocycles. The van der Waals surface area contributed by atoms with E-state index >= 15 is 0 Å². The van der Waals surface area contributed by atoms with Gasteiger partial charge < -0.3 is 14.4 Å². The Kier molecular flexibility index (Phi) is 6.23. The number of ether oxygens (including phenoxy) is 2. The van der Waals surface area contributed by atoms with Crippen LogP contribution in [-0.4, -0.2) is 48.7 Å². The van der Waals surface area contributed by atoms with Crippen LogP contribution in [0.1, 0.15) is 35.7 Å². The van der Waals surface area contributed by atoms with Crippen molar-refractivity contribution in [1.82, 2.24) is 9.97 Å². The Bertz CT molecular complexity index is 860. The molecule has 3 rings (SSSR count). The smallest absolute Gasteiger partial charge is 0.343 e. The van der Waals surface area contributed by atoms with Gasteiger partial charge in [-0.25, -0.2) is 14.8 Å². The number of hydrogen-bond acceptors (Lipinski definition) is 7. The van der Waals surface area contributed by atoms with Crippen LogP contribution < -0.4 is 4.90 Å². The quantitative estimate of drug-likeness (QED) is 0.734. The summed E-state index contributed by atoms with van der Waals surface area (Å²) in [6.45, 7) is 5.27. The Labute approximate surface area is 164 Å². The second-order valence-electron chi connectivity index (χ2n) is 6.81. The molecule has 0 radical (unpaired) electrons. The number of methoxy groups -OCH3 is 1. The average molecular weight is 383 g/mol. The van der Waals surface area contributed by atoms with Crippen molar-refractivity contribution in [2.45, 2.75) is 26.7 Å². The van der Waals surface area contributed by atoms with Crippen molar-refractivity contribution in [2.75, 3.05) is 31.7 Å². The van der Waals surface area contributed by atoms with Gasteiger partial charge in [-0.2, -0.15) is 0 Å². The molecule has 7 heteroatoms. The minimum atomic E-state index is -0.441.